The number of aliphatic carboxylic acids is 1. The topological polar surface area (TPSA) is 107 Å². The van der Waals surface area contributed by atoms with Crippen LogP contribution in [-0.2, 0) is 9.59 Å². The summed E-state index contributed by atoms with van der Waals surface area (Å²) in [6.45, 7) is 4.76. The summed E-state index contributed by atoms with van der Waals surface area (Å²) in [4.78, 5) is 35.9. The van der Waals surface area contributed by atoms with Gasteiger partial charge in [-0.2, -0.15) is 0 Å². The van der Waals surface area contributed by atoms with Gasteiger partial charge in [0, 0.05) is 39.0 Å². The number of amides is 1. The molecule has 8 heteroatoms. The molecular weight excluding hydrogens is 372 g/mol. The monoisotopic (exact) mass is 400 g/mol. The van der Waals surface area contributed by atoms with E-state index in [2.05, 4.69) is 14.9 Å². The molecule has 3 heterocycles. The molecule has 1 amide bonds. The third-order valence-corrected chi connectivity index (χ3v) is 5.36. The van der Waals surface area contributed by atoms with Crippen molar-refractivity contribution < 1.29 is 19.8 Å². The molecule has 2 aromatic rings. The van der Waals surface area contributed by atoms with Crippen LogP contribution in [0.4, 0.5) is 5.69 Å². The van der Waals surface area contributed by atoms with Crippen molar-refractivity contribution in [1.82, 2.24) is 14.9 Å². The van der Waals surface area contributed by atoms with Gasteiger partial charge in [-0.25, -0.2) is 0 Å². The van der Waals surface area contributed by atoms with Gasteiger partial charge in [0.25, 0.3) is 0 Å². The Bertz CT molecular complexity index is 911. The molecular formula is C21H28N4O4. The number of hydrogen-bond acceptors (Lipinski definition) is 6. The molecule has 0 saturated carbocycles. The average molecular weight is 400 g/mol. The molecule has 156 valence electrons. The number of aromatic nitrogens is 2. The van der Waals surface area contributed by atoms with Crippen molar-refractivity contribution in [3.8, 4) is 0 Å². The highest BCUT2D eigenvalue weighted by atomic mass is 16.4. The Morgan fingerprint density at radius 3 is 2.72 bits per heavy atom. The smallest absolute Gasteiger partial charge is 0.303 e. The molecule has 1 atom stereocenters. The molecule has 1 fully saturated rings. The summed E-state index contributed by atoms with van der Waals surface area (Å²) in [5, 5.41) is 20.1. The van der Waals surface area contributed by atoms with Crippen molar-refractivity contribution in [2.45, 2.75) is 38.7 Å². The number of aliphatic hydroxyl groups is 1. The number of likely N-dealkylation sites (N-methyl/N-ethyl adjacent to an activating group) is 1. The molecule has 1 saturated heterocycles. The maximum atomic E-state index is 12.6. The van der Waals surface area contributed by atoms with Gasteiger partial charge < -0.3 is 20.0 Å². The minimum Gasteiger partial charge on any atom is -0.481 e. The highest BCUT2D eigenvalue weighted by molar-refractivity contribution is 5.87. The number of carboxylic acids is 1. The van der Waals surface area contributed by atoms with E-state index in [1.807, 2.05) is 18.2 Å². The lowest BCUT2D eigenvalue weighted by Crippen LogP contribution is -2.46. The van der Waals surface area contributed by atoms with Crippen LogP contribution < -0.4 is 4.90 Å². The second-order valence-electron chi connectivity index (χ2n) is 8.76. The van der Waals surface area contributed by atoms with Crippen LogP contribution in [0.3, 0.4) is 0 Å². The fourth-order valence-corrected chi connectivity index (χ4v) is 3.96. The maximum Gasteiger partial charge on any atom is 0.303 e. The van der Waals surface area contributed by atoms with Crippen LogP contribution in [-0.4, -0.2) is 69.2 Å². The minimum absolute atomic E-state index is 0.0766. The fraction of sp³-hybridized carbons (Fsp3) is 0.524. The summed E-state index contributed by atoms with van der Waals surface area (Å²) in [6, 6.07) is 5.63. The first-order chi connectivity index (χ1) is 13.6. The first kappa shape index (κ1) is 21.0. The van der Waals surface area contributed by atoms with Gasteiger partial charge >= 0.3 is 5.97 Å². The van der Waals surface area contributed by atoms with Crippen molar-refractivity contribution in [1.29, 1.82) is 0 Å². The van der Waals surface area contributed by atoms with Crippen LogP contribution in [0.5, 0.6) is 0 Å². The molecule has 3 rings (SSSR count). The van der Waals surface area contributed by atoms with Gasteiger partial charge in [0.2, 0.25) is 5.91 Å². The van der Waals surface area contributed by atoms with Crippen LogP contribution >= 0.6 is 0 Å². The molecule has 0 aliphatic carbocycles. The highest BCUT2D eigenvalue weighted by Crippen LogP contribution is 2.32. The number of pyridine rings is 2. The van der Waals surface area contributed by atoms with E-state index in [1.54, 1.807) is 33.3 Å². The van der Waals surface area contributed by atoms with Crippen molar-refractivity contribution in [2.75, 3.05) is 31.6 Å². The number of fused-ring (bicyclic) bond motifs is 1. The van der Waals surface area contributed by atoms with E-state index < -0.39 is 17.0 Å². The molecule has 2 aromatic heterocycles. The zero-order valence-corrected chi connectivity index (χ0v) is 17.1. The highest BCUT2D eigenvalue weighted by Gasteiger charge is 2.39. The predicted molar refractivity (Wildman–Crippen MR) is 110 cm³/mol. The van der Waals surface area contributed by atoms with Crippen LogP contribution in [0.2, 0.25) is 0 Å². The number of nitrogens with zero attached hydrogens (tertiary/aromatic N) is 4. The first-order valence-electron chi connectivity index (χ1n) is 9.71. The van der Waals surface area contributed by atoms with E-state index in [0.29, 0.717) is 19.5 Å². The molecule has 0 radical (unpaired) electrons. The summed E-state index contributed by atoms with van der Waals surface area (Å²) in [5.41, 5.74) is 0.838. The van der Waals surface area contributed by atoms with Gasteiger partial charge in [0.05, 0.1) is 24.2 Å². The normalized spacial score (nSPS) is 19.5. The summed E-state index contributed by atoms with van der Waals surface area (Å²) in [7, 11) is 1.66. The van der Waals surface area contributed by atoms with Crippen LogP contribution in [0.25, 0.3) is 11.0 Å². The first-order valence-corrected chi connectivity index (χ1v) is 9.71. The molecule has 0 spiro atoms. The second-order valence-corrected chi connectivity index (χ2v) is 8.76. The Kier molecular flexibility index (Phi) is 5.75. The lowest BCUT2D eigenvalue weighted by Gasteiger charge is -2.31. The van der Waals surface area contributed by atoms with E-state index >= 15 is 0 Å². The molecule has 0 unspecified atom stereocenters. The molecule has 29 heavy (non-hydrogen) atoms. The van der Waals surface area contributed by atoms with Crippen molar-refractivity contribution in [2.24, 2.45) is 5.41 Å². The number of hydrogen-bond donors (Lipinski definition) is 2. The Morgan fingerprint density at radius 1 is 1.24 bits per heavy atom. The second kappa shape index (κ2) is 7.94. The molecule has 1 aliphatic rings. The number of anilines is 1. The Balaban J connectivity index is 1.66. The summed E-state index contributed by atoms with van der Waals surface area (Å²) < 4.78 is 0. The van der Waals surface area contributed by atoms with E-state index in [0.717, 1.165) is 16.7 Å². The fourth-order valence-electron chi connectivity index (χ4n) is 3.96. The molecule has 0 bridgehead atoms. The summed E-state index contributed by atoms with van der Waals surface area (Å²) >= 11 is 0. The Hall–Kier alpha value is -2.74. The Morgan fingerprint density at radius 2 is 2.00 bits per heavy atom. The number of β-amino-alcohol motifs (C(OH)–C–C–N with tert-alkyl or cyclic N) is 1. The van der Waals surface area contributed by atoms with Gasteiger partial charge in [0.15, 0.2) is 0 Å². The number of rotatable bonds is 7. The van der Waals surface area contributed by atoms with Crippen molar-refractivity contribution in [3.63, 3.8) is 0 Å². The summed E-state index contributed by atoms with van der Waals surface area (Å²) in [5.74, 6) is -1.09. The van der Waals surface area contributed by atoms with E-state index in [9.17, 15) is 14.7 Å². The van der Waals surface area contributed by atoms with Crippen LogP contribution in [0, 0.1) is 5.41 Å². The van der Waals surface area contributed by atoms with Crippen LogP contribution in [0.15, 0.2) is 30.6 Å². The lowest BCUT2D eigenvalue weighted by atomic mass is 9.85. The van der Waals surface area contributed by atoms with E-state index in [1.165, 1.54) is 4.90 Å². The Labute approximate surface area is 170 Å². The molecule has 1 aliphatic heterocycles. The van der Waals surface area contributed by atoms with Crippen molar-refractivity contribution in [3.05, 3.63) is 30.6 Å². The minimum atomic E-state index is -1.04. The number of carbonyl (C=O) groups excluding carboxylic acids is 1. The predicted octanol–water partition coefficient (Wildman–Crippen LogP) is 1.92. The third kappa shape index (κ3) is 5.00. The number of carbonyl (C=O) groups is 2. The average Bonchev–Trinajstić information content (AvgIpc) is 3.01. The third-order valence-electron chi connectivity index (χ3n) is 5.36. The van der Waals surface area contributed by atoms with E-state index in [-0.39, 0.29) is 25.3 Å². The van der Waals surface area contributed by atoms with Gasteiger partial charge in [-0.15, -0.1) is 0 Å². The van der Waals surface area contributed by atoms with Gasteiger partial charge in [-0.05, 0) is 30.0 Å². The SMILES string of the molecule is CN(C[C@]1(O)CCN(c2ccnc3cccnc23)C1)C(=O)CC(C)(C)CC(=O)O. The maximum absolute atomic E-state index is 12.6. The standard InChI is InChI=1S/C21H28N4O4/c1-20(2,12-18(27)28)11-17(26)24(3)13-21(29)7-10-25(14-21)16-6-9-22-15-5-4-8-23-19(15)16/h4-6,8-9,29H,7,10-14H2,1-3H3,(H,27,28)/t21-/m1/s1. The molecule has 2 N–H and O–H groups in total. The van der Waals surface area contributed by atoms with Gasteiger partial charge in [-0.3, -0.25) is 19.6 Å². The largest absolute Gasteiger partial charge is 0.481 e. The lowest BCUT2D eigenvalue weighted by molar-refractivity contribution is -0.141. The summed E-state index contributed by atoms with van der Waals surface area (Å²) in [6.07, 6.45) is 4.03. The van der Waals surface area contributed by atoms with Crippen molar-refractivity contribution >= 4 is 28.6 Å². The zero-order valence-electron chi connectivity index (χ0n) is 17.1. The van der Waals surface area contributed by atoms with Gasteiger partial charge in [0.1, 0.15) is 11.1 Å². The quantitative estimate of drug-likeness (QED) is 0.731. The van der Waals surface area contributed by atoms with Gasteiger partial charge in [-0.1, -0.05) is 13.8 Å². The van der Waals surface area contributed by atoms with Crippen LogP contribution in [0.1, 0.15) is 33.1 Å². The molecule has 8 nitrogen and oxygen atoms in total. The zero-order chi connectivity index (χ0) is 21.2. The number of carboxylic acid groups (broad SMARTS) is 1. The molecule has 0 aromatic carbocycles. The van der Waals surface area contributed by atoms with E-state index in [4.69, 9.17) is 5.11 Å².